The van der Waals surface area contributed by atoms with Crippen LogP contribution in [-0.2, 0) is 15.5 Å². The molecule has 0 bridgehead atoms. The van der Waals surface area contributed by atoms with E-state index in [0.717, 1.165) is 24.2 Å². The second kappa shape index (κ2) is 7.04. The van der Waals surface area contributed by atoms with Crippen LogP contribution in [-0.4, -0.2) is 18.5 Å². The summed E-state index contributed by atoms with van der Waals surface area (Å²) in [5, 5.41) is 0.638. The zero-order valence-corrected chi connectivity index (χ0v) is 15.8. The summed E-state index contributed by atoms with van der Waals surface area (Å²) in [5.41, 5.74) is 0.545. The molecule has 0 radical (unpaired) electrons. The third-order valence-electron chi connectivity index (χ3n) is 3.33. The average Bonchev–Trinajstić information content (AvgIpc) is 2.79. The monoisotopic (exact) mass is 364 g/mol. The highest BCUT2D eigenvalue weighted by molar-refractivity contribution is 8.55. The molecule has 22 heavy (non-hydrogen) atoms. The van der Waals surface area contributed by atoms with E-state index in [1.54, 1.807) is 12.1 Å². The van der Waals surface area contributed by atoms with Crippen LogP contribution in [0.4, 0.5) is 0 Å². The summed E-state index contributed by atoms with van der Waals surface area (Å²) < 4.78 is 29.5. The van der Waals surface area contributed by atoms with E-state index in [4.69, 9.17) is 25.4 Å². The Balaban J connectivity index is 2.24. The van der Waals surface area contributed by atoms with Crippen molar-refractivity contribution in [3.8, 4) is 11.5 Å². The highest BCUT2D eigenvalue weighted by Crippen LogP contribution is 2.61. The van der Waals surface area contributed by atoms with Crippen LogP contribution in [0.3, 0.4) is 0 Å². The summed E-state index contributed by atoms with van der Waals surface area (Å²) >= 11 is 7.45. The molecular weight excluding hydrogens is 343 g/mol. The molecule has 1 aliphatic rings. The second-order valence-electron chi connectivity index (χ2n) is 5.80. The van der Waals surface area contributed by atoms with E-state index in [0.29, 0.717) is 22.9 Å². The zero-order chi connectivity index (χ0) is 16.4. The van der Waals surface area contributed by atoms with Crippen LogP contribution in [0.15, 0.2) is 12.1 Å². The standard InChI is InChI=1S/C15H22ClO4PS/c1-5-6-9-22-21(17,18-4)20-13-8-7-12(16)11-10-15(2,3)19-14(11)13/h7-8H,5-6,9-10H2,1-4H3. The maximum Gasteiger partial charge on any atom is 0.440 e. The van der Waals surface area contributed by atoms with Crippen LogP contribution in [0.2, 0.25) is 5.02 Å². The topological polar surface area (TPSA) is 44.8 Å². The molecule has 0 fully saturated rings. The van der Waals surface area contributed by atoms with Crippen LogP contribution in [0.25, 0.3) is 0 Å². The lowest BCUT2D eigenvalue weighted by atomic mass is 10.0. The van der Waals surface area contributed by atoms with Gasteiger partial charge in [0, 0.05) is 29.9 Å². The molecule has 1 aromatic rings. The minimum Gasteiger partial charge on any atom is -0.483 e. The lowest BCUT2D eigenvalue weighted by Gasteiger charge is -2.20. The molecule has 0 amide bonds. The number of benzene rings is 1. The molecule has 2 rings (SSSR count). The summed E-state index contributed by atoms with van der Waals surface area (Å²) in [6.45, 7) is 2.81. The highest BCUT2D eigenvalue weighted by atomic mass is 35.5. The Morgan fingerprint density at radius 2 is 2.18 bits per heavy atom. The van der Waals surface area contributed by atoms with Gasteiger partial charge in [0.15, 0.2) is 11.5 Å². The van der Waals surface area contributed by atoms with Crippen LogP contribution >= 0.6 is 29.8 Å². The van der Waals surface area contributed by atoms with Crippen molar-refractivity contribution < 1.29 is 18.3 Å². The van der Waals surface area contributed by atoms with Crippen molar-refractivity contribution in [1.82, 2.24) is 0 Å². The zero-order valence-electron chi connectivity index (χ0n) is 13.3. The van der Waals surface area contributed by atoms with Crippen molar-refractivity contribution >= 4 is 29.8 Å². The quantitative estimate of drug-likeness (QED) is 0.457. The maximum absolute atomic E-state index is 12.7. The lowest BCUT2D eigenvalue weighted by Crippen LogP contribution is -2.24. The Labute approximate surface area is 141 Å². The molecule has 0 N–H and O–H groups in total. The van der Waals surface area contributed by atoms with Gasteiger partial charge in [-0.05, 0) is 43.8 Å². The molecule has 0 saturated heterocycles. The van der Waals surface area contributed by atoms with Crippen LogP contribution < -0.4 is 9.26 Å². The van der Waals surface area contributed by atoms with Gasteiger partial charge in [0.2, 0.25) is 0 Å². The molecule has 4 nitrogen and oxygen atoms in total. The van der Waals surface area contributed by atoms with Crippen LogP contribution in [0, 0.1) is 0 Å². The molecular formula is C15H22ClO4PS. The van der Waals surface area contributed by atoms with E-state index >= 15 is 0 Å². The van der Waals surface area contributed by atoms with Gasteiger partial charge < -0.3 is 9.26 Å². The van der Waals surface area contributed by atoms with Crippen molar-refractivity contribution in [3.05, 3.63) is 22.7 Å². The summed E-state index contributed by atoms with van der Waals surface area (Å²) in [7, 11) is 1.40. The number of ether oxygens (including phenoxy) is 1. The van der Waals surface area contributed by atoms with Gasteiger partial charge in [0.25, 0.3) is 0 Å². The van der Waals surface area contributed by atoms with E-state index in [1.807, 2.05) is 13.8 Å². The minimum atomic E-state index is -3.25. The molecule has 1 unspecified atom stereocenters. The van der Waals surface area contributed by atoms with Crippen LogP contribution in [0.5, 0.6) is 11.5 Å². The summed E-state index contributed by atoms with van der Waals surface area (Å²) in [6, 6.07) is 3.44. The normalized spacial score (nSPS) is 18.4. The lowest BCUT2D eigenvalue weighted by molar-refractivity contribution is 0.135. The number of hydrogen-bond donors (Lipinski definition) is 0. The molecule has 0 aromatic heterocycles. The fraction of sp³-hybridized carbons (Fsp3) is 0.600. The molecule has 7 heteroatoms. The van der Waals surface area contributed by atoms with Crippen molar-refractivity contribution in [2.75, 3.05) is 12.9 Å². The first kappa shape index (κ1) is 18.0. The van der Waals surface area contributed by atoms with Crippen molar-refractivity contribution in [3.63, 3.8) is 0 Å². The molecule has 0 aliphatic carbocycles. The first-order chi connectivity index (χ1) is 10.3. The van der Waals surface area contributed by atoms with Gasteiger partial charge in [-0.3, -0.25) is 4.52 Å². The molecule has 0 spiro atoms. The van der Waals surface area contributed by atoms with E-state index in [1.165, 1.54) is 18.5 Å². The fourth-order valence-corrected chi connectivity index (χ4v) is 5.47. The second-order valence-corrected chi connectivity index (χ2v) is 10.4. The van der Waals surface area contributed by atoms with Crippen molar-refractivity contribution in [2.45, 2.75) is 45.6 Å². The Bertz CT molecular complexity index is 591. The van der Waals surface area contributed by atoms with Gasteiger partial charge in [-0.2, -0.15) is 0 Å². The predicted octanol–water partition coefficient (Wildman–Crippen LogP) is 5.72. The van der Waals surface area contributed by atoms with E-state index in [-0.39, 0.29) is 5.60 Å². The van der Waals surface area contributed by atoms with Gasteiger partial charge >= 0.3 is 6.80 Å². The van der Waals surface area contributed by atoms with Gasteiger partial charge in [0.1, 0.15) is 5.60 Å². The van der Waals surface area contributed by atoms with E-state index in [2.05, 4.69) is 6.92 Å². The van der Waals surface area contributed by atoms with Crippen molar-refractivity contribution in [1.29, 1.82) is 0 Å². The molecule has 1 aliphatic heterocycles. The number of unbranched alkanes of at least 4 members (excludes halogenated alkanes) is 1. The van der Waals surface area contributed by atoms with Gasteiger partial charge in [-0.1, -0.05) is 24.9 Å². The first-order valence-corrected chi connectivity index (χ1v) is 10.8. The largest absolute Gasteiger partial charge is 0.483 e. The molecule has 1 atom stereocenters. The van der Waals surface area contributed by atoms with Gasteiger partial charge in [-0.25, -0.2) is 4.57 Å². The predicted molar refractivity (Wildman–Crippen MR) is 92.5 cm³/mol. The highest BCUT2D eigenvalue weighted by Gasteiger charge is 2.36. The van der Waals surface area contributed by atoms with Crippen LogP contribution in [0.1, 0.15) is 39.2 Å². The van der Waals surface area contributed by atoms with E-state index in [9.17, 15) is 4.57 Å². The summed E-state index contributed by atoms with van der Waals surface area (Å²) in [4.78, 5) is 0. The molecule has 1 aromatic carbocycles. The Kier molecular flexibility index (Phi) is 5.76. The number of hydrogen-bond acceptors (Lipinski definition) is 5. The Morgan fingerprint density at radius 3 is 2.82 bits per heavy atom. The number of fused-ring (bicyclic) bond motifs is 1. The summed E-state index contributed by atoms with van der Waals surface area (Å²) in [6.07, 6.45) is 2.69. The maximum atomic E-state index is 12.7. The smallest absolute Gasteiger partial charge is 0.440 e. The average molecular weight is 365 g/mol. The SMILES string of the molecule is CCCCSP(=O)(OC)Oc1ccc(Cl)c2c1OC(C)(C)C2. The Hall–Kier alpha value is -0.350. The Morgan fingerprint density at radius 1 is 1.45 bits per heavy atom. The third-order valence-corrected chi connectivity index (χ3v) is 7.51. The third kappa shape index (κ3) is 4.14. The molecule has 1 heterocycles. The minimum absolute atomic E-state index is 0.349. The van der Waals surface area contributed by atoms with E-state index < -0.39 is 6.80 Å². The van der Waals surface area contributed by atoms with Crippen molar-refractivity contribution in [2.24, 2.45) is 0 Å². The molecule has 0 saturated carbocycles. The van der Waals surface area contributed by atoms with Gasteiger partial charge in [-0.15, -0.1) is 0 Å². The first-order valence-electron chi connectivity index (χ1n) is 7.30. The van der Waals surface area contributed by atoms with Gasteiger partial charge in [0.05, 0.1) is 0 Å². The number of halogens is 1. The summed E-state index contributed by atoms with van der Waals surface area (Å²) in [5.74, 6) is 1.73. The molecule has 124 valence electrons. The number of rotatable bonds is 7. The fourth-order valence-electron chi connectivity index (χ4n) is 2.23.